The first-order valence-corrected chi connectivity index (χ1v) is 19.1. The molecule has 0 atom stereocenters. The lowest BCUT2D eigenvalue weighted by atomic mass is 10.0. The highest BCUT2D eigenvalue weighted by Crippen LogP contribution is 2.47. The van der Waals surface area contributed by atoms with E-state index >= 15 is 0 Å². The molecule has 2 nitrogen and oxygen atoms in total. The van der Waals surface area contributed by atoms with E-state index in [1.54, 1.807) is 0 Å². The van der Waals surface area contributed by atoms with Crippen molar-refractivity contribution >= 4 is 102 Å². The number of rotatable bonds is 5. The van der Waals surface area contributed by atoms with Gasteiger partial charge in [0.05, 0.1) is 5.69 Å². The van der Waals surface area contributed by atoms with Crippen LogP contribution in [0, 0.1) is 0 Å². The maximum Gasteiger partial charge on any atom is 0.136 e. The van der Waals surface area contributed by atoms with E-state index in [0.29, 0.717) is 0 Å². The number of benzene rings is 8. The van der Waals surface area contributed by atoms with Crippen molar-refractivity contribution < 1.29 is 4.42 Å². The summed E-state index contributed by atoms with van der Waals surface area (Å²) in [5, 5.41) is 7.51. The first-order chi connectivity index (χ1) is 25.8. The standard InChI is InChI=1S/C48H29NOS2/c1-2-10-30(11-3-1)31-20-24-33(25-21-31)49(40-16-9-19-44-45(40)39-13-5-7-18-43(39)51-44)34-26-22-32(23-27-34)35-14-8-15-36-37-28-29-42-46(48(37)52-47(35)36)38-12-4-6-17-41(38)50-42/h1-29H. The molecule has 0 aliphatic carbocycles. The summed E-state index contributed by atoms with van der Waals surface area (Å²) in [5.41, 5.74) is 10.2. The molecule has 0 N–H and O–H groups in total. The molecule has 11 aromatic rings. The van der Waals surface area contributed by atoms with Crippen LogP contribution in [0.5, 0.6) is 0 Å². The number of para-hydroxylation sites is 1. The Morgan fingerprint density at radius 3 is 1.83 bits per heavy atom. The first-order valence-electron chi connectivity index (χ1n) is 17.5. The molecule has 0 aliphatic heterocycles. The predicted molar refractivity (Wildman–Crippen MR) is 225 cm³/mol. The van der Waals surface area contributed by atoms with Gasteiger partial charge in [-0.2, -0.15) is 0 Å². The van der Waals surface area contributed by atoms with Gasteiger partial charge in [-0.1, -0.05) is 115 Å². The molecular weight excluding hydrogens is 671 g/mol. The van der Waals surface area contributed by atoms with E-state index in [9.17, 15) is 0 Å². The van der Waals surface area contributed by atoms with Gasteiger partial charge < -0.3 is 9.32 Å². The third-order valence-corrected chi connectivity index (χ3v) is 12.7. The molecule has 0 fully saturated rings. The van der Waals surface area contributed by atoms with Gasteiger partial charge in [-0.3, -0.25) is 0 Å². The minimum absolute atomic E-state index is 0.934. The lowest BCUT2D eigenvalue weighted by Crippen LogP contribution is -2.10. The summed E-state index contributed by atoms with van der Waals surface area (Å²) in [7, 11) is 0. The molecule has 0 saturated heterocycles. The fourth-order valence-corrected chi connectivity index (χ4v) is 10.4. The van der Waals surface area contributed by atoms with Crippen molar-refractivity contribution in [1.29, 1.82) is 0 Å². The average Bonchev–Trinajstić information content (AvgIpc) is 3.90. The summed E-state index contributed by atoms with van der Waals surface area (Å²) < 4.78 is 11.4. The Morgan fingerprint density at radius 1 is 0.365 bits per heavy atom. The molecule has 0 bridgehead atoms. The fourth-order valence-electron chi connectivity index (χ4n) is 7.89. The fraction of sp³-hybridized carbons (Fsp3) is 0. The van der Waals surface area contributed by atoms with Crippen molar-refractivity contribution in [2.75, 3.05) is 4.90 Å². The summed E-state index contributed by atoms with van der Waals surface area (Å²) in [4.78, 5) is 2.42. The van der Waals surface area contributed by atoms with Crippen LogP contribution in [-0.2, 0) is 0 Å². The number of furan rings is 1. The van der Waals surface area contributed by atoms with Gasteiger partial charge >= 0.3 is 0 Å². The summed E-state index contributed by atoms with van der Waals surface area (Å²) in [6, 6.07) is 63.6. The van der Waals surface area contributed by atoms with Crippen molar-refractivity contribution in [2.24, 2.45) is 0 Å². The minimum atomic E-state index is 0.934. The molecule has 52 heavy (non-hydrogen) atoms. The zero-order chi connectivity index (χ0) is 34.2. The van der Waals surface area contributed by atoms with Crippen molar-refractivity contribution in [1.82, 2.24) is 0 Å². The van der Waals surface area contributed by atoms with Crippen molar-refractivity contribution in [3.63, 3.8) is 0 Å². The number of nitrogens with zero attached hydrogens (tertiary/aromatic N) is 1. The molecule has 4 heteroatoms. The van der Waals surface area contributed by atoms with Crippen LogP contribution >= 0.6 is 22.7 Å². The molecule has 0 unspecified atom stereocenters. The molecule has 8 aromatic carbocycles. The first kappa shape index (κ1) is 29.5. The molecule has 0 amide bonds. The lowest BCUT2D eigenvalue weighted by Gasteiger charge is -2.27. The highest BCUT2D eigenvalue weighted by Gasteiger charge is 2.20. The van der Waals surface area contributed by atoms with Crippen LogP contribution in [0.1, 0.15) is 0 Å². The Morgan fingerprint density at radius 2 is 1.00 bits per heavy atom. The molecule has 0 saturated carbocycles. The minimum Gasteiger partial charge on any atom is -0.456 e. The van der Waals surface area contributed by atoms with E-state index in [1.165, 1.54) is 79.1 Å². The van der Waals surface area contributed by atoms with Crippen LogP contribution in [-0.4, -0.2) is 0 Å². The third-order valence-electron chi connectivity index (χ3n) is 10.3. The van der Waals surface area contributed by atoms with Crippen LogP contribution in [0.4, 0.5) is 17.1 Å². The second kappa shape index (κ2) is 11.7. The monoisotopic (exact) mass is 699 g/mol. The number of thiophene rings is 2. The zero-order valence-corrected chi connectivity index (χ0v) is 29.5. The Bertz CT molecular complexity index is 3110. The van der Waals surface area contributed by atoms with Crippen molar-refractivity contribution in [3.05, 3.63) is 176 Å². The van der Waals surface area contributed by atoms with Gasteiger partial charge in [-0.25, -0.2) is 0 Å². The van der Waals surface area contributed by atoms with Crippen LogP contribution in [0.15, 0.2) is 180 Å². The quantitative estimate of drug-likeness (QED) is 0.178. The molecule has 0 aliphatic rings. The Kier molecular flexibility index (Phi) is 6.63. The molecule has 3 heterocycles. The molecule has 0 spiro atoms. The number of fused-ring (bicyclic) bond motifs is 10. The SMILES string of the molecule is c1ccc(-c2ccc(N(c3ccc(-c4cccc5c4sc4c5ccc5oc6ccccc6c54)cc3)c3cccc4sc5ccccc5c34)cc2)cc1. The van der Waals surface area contributed by atoms with Crippen molar-refractivity contribution in [2.45, 2.75) is 0 Å². The van der Waals surface area contributed by atoms with Crippen LogP contribution in [0.2, 0.25) is 0 Å². The molecular formula is C48H29NOS2. The Labute approximate surface area is 308 Å². The topological polar surface area (TPSA) is 16.4 Å². The summed E-state index contributed by atoms with van der Waals surface area (Å²) in [6.07, 6.45) is 0. The van der Waals surface area contributed by atoms with Crippen LogP contribution in [0.3, 0.4) is 0 Å². The highest BCUT2D eigenvalue weighted by molar-refractivity contribution is 7.27. The summed E-state index contributed by atoms with van der Waals surface area (Å²) in [6.45, 7) is 0. The Balaban J connectivity index is 1.07. The van der Waals surface area contributed by atoms with E-state index in [4.69, 9.17) is 4.42 Å². The van der Waals surface area contributed by atoms with E-state index < -0.39 is 0 Å². The van der Waals surface area contributed by atoms with Crippen molar-refractivity contribution in [3.8, 4) is 22.3 Å². The van der Waals surface area contributed by atoms with E-state index in [0.717, 1.165) is 22.5 Å². The maximum atomic E-state index is 6.26. The third kappa shape index (κ3) is 4.55. The number of hydrogen-bond donors (Lipinski definition) is 0. The van der Waals surface area contributed by atoms with Crippen LogP contribution < -0.4 is 4.90 Å². The van der Waals surface area contributed by atoms with E-state index in [1.807, 2.05) is 28.7 Å². The van der Waals surface area contributed by atoms with Gasteiger partial charge in [0.1, 0.15) is 11.2 Å². The Hall–Kier alpha value is -6.20. The van der Waals surface area contributed by atoms with Gasteiger partial charge in [-0.15, -0.1) is 22.7 Å². The number of anilines is 3. The maximum absolute atomic E-state index is 6.26. The lowest BCUT2D eigenvalue weighted by molar-refractivity contribution is 0.669. The molecule has 244 valence electrons. The van der Waals surface area contributed by atoms with Gasteiger partial charge in [-0.05, 0) is 82.9 Å². The highest BCUT2D eigenvalue weighted by atomic mass is 32.1. The number of hydrogen-bond acceptors (Lipinski definition) is 4. The average molecular weight is 700 g/mol. The predicted octanol–water partition coefficient (Wildman–Crippen LogP) is 15.1. The molecule has 0 radical (unpaired) electrons. The van der Waals surface area contributed by atoms with Crippen LogP contribution in [0.25, 0.3) is 84.5 Å². The zero-order valence-electron chi connectivity index (χ0n) is 27.9. The van der Waals surface area contributed by atoms with E-state index in [2.05, 4.69) is 175 Å². The van der Waals surface area contributed by atoms with Gasteiger partial charge in [0.25, 0.3) is 0 Å². The molecule has 11 rings (SSSR count). The second-order valence-electron chi connectivity index (χ2n) is 13.2. The van der Waals surface area contributed by atoms with Gasteiger partial charge in [0.2, 0.25) is 0 Å². The summed E-state index contributed by atoms with van der Waals surface area (Å²) >= 11 is 3.73. The second-order valence-corrected chi connectivity index (χ2v) is 15.3. The van der Waals surface area contributed by atoms with Gasteiger partial charge in [0.15, 0.2) is 0 Å². The summed E-state index contributed by atoms with van der Waals surface area (Å²) in [5.74, 6) is 0. The van der Waals surface area contributed by atoms with Gasteiger partial charge in [0, 0.05) is 62.5 Å². The smallest absolute Gasteiger partial charge is 0.136 e. The largest absolute Gasteiger partial charge is 0.456 e. The molecule has 3 aromatic heterocycles. The van der Waals surface area contributed by atoms with E-state index in [-0.39, 0.29) is 0 Å². The normalized spacial score (nSPS) is 11.8.